The van der Waals surface area contributed by atoms with Crippen LogP contribution in [0.15, 0.2) is 30.3 Å². The summed E-state index contributed by atoms with van der Waals surface area (Å²) in [5, 5.41) is 4.45. The van der Waals surface area contributed by atoms with Crippen LogP contribution in [0.3, 0.4) is 0 Å². The van der Waals surface area contributed by atoms with E-state index in [0.29, 0.717) is 17.3 Å². The fourth-order valence-electron chi connectivity index (χ4n) is 2.90. The number of hydrogen-bond acceptors (Lipinski definition) is 6. The van der Waals surface area contributed by atoms with Crippen molar-refractivity contribution in [3.05, 3.63) is 45.9 Å². The van der Waals surface area contributed by atoms with Gasteiger partial charge in [0.15, 0.2) is 11.5 Å². The zero-order valence-electron chi connectivity index (χ0n) is 16.6. The number of rotatable bonds is 6. The average Bonchev–Trinajstić information content (AvgIpc) is 3.16. The molecule has 0 fully saturated rings. The highest BCUT2D eigenvalue weighted by Gasteiger charge is 2.15. The number of fused-ring (bicyclic) bond motifs is 1. The fraction of sp³-hybridized carbons (Fsp3) is 0.333. The third-order valence-corrected chi connectivity index (χ3v) is 5.94. The number of benzene rings is 1. The largest absolute Gasteiger partial charge is 0.493 e. The molecular formula is C21H25N3O2S. The molecule has 3 aromatic rings. The van der Waals surface area contributed by atoms with Crippen molar-refractivity contribution in [1.29, 1.82) is 0 Å². The van der Waals surface area contributed by atoms with Gasteiger partial charge in [-0.1, -0.05) is 6.08 Å². The van der Waals surface area contributed by atoms with E-state index in [1.165, 1.54) is 15.3 Å². The van der Waals surface area contributed by atoms with Gasteiger partial charge in [0.2, 0.25) is 0 Å². The Morgan fingerprint density at radius 3 is 2.52 bits per heavy atom. The Balaban J connectivity index is 1.99. The number of anilines is 1. The average molecular weight is 384 g/mol. The van der Waals surface area contributed by atoms with Gasteiger partial charge < -0.3 is 14.8 Å². The topological polar surface area (TPSA) is 56.3 Å². The maximum absolute atomic E-state index is 5.45. The molecule has 0 aliphatic carbocycles. The van der Waals surface area contributed by atoms with Crippen LogP contribution in [-0.2, 0) is 0 Å². The lowest BCUT2D eigenvalue weighted by Crippen LogP contribution is -2.08. The van der Waals surface area contributed by atoms with Gasteiger partial charge in [0.25, 0.3) is 0 Å². The van der Waals surface area contributed by atoms with E-state index < -0.39 is 0 Å². The molecule has 0 radical (unpaired) electrons. The summed E-state index contributed by atoms with van der Waals surface area (Å²) in [6.07, 6.45) is 2.13. The van der Waals surface area contributed by atoms with Crippen molar-refractivity contribution in [2.75, 3.05) is 19.5 Å². The van der Waals surface area contributed by atoms with Crippen molar-refractivity contribution in [2.45, 2.75) is 33.7 Å². The molecule has 0 spiro atoms. The summed E-state index contributed by atoms with van der Waals surface area (Å²) >= 11 is 1.80. The second-order valence-electron chi connectivity index (χ2n) is 6.38. The minimum absolute atomic E-state index is 0.124. The molecular weight excluding hydrogens is 358 g/mol. The smallest absolute Gasteiger partial charge is 0.162 e. The lowest BCUT2D eigenvalue weighted by atomic mass is 10.2. The molecule has 1 atom stereocenters. The SMILES string of the molecule is C/C=C(\C)c1ccc([C@H](C)Nc2nc(C)nc3cc(OC)c(OC)cc23)s1. The van der Waals surface area contributed by atoms with E-state index in [4.69, 9.17) is 9.47 Å². The molecule has 0 bridgehead atoms. The van der Waals surface area contributed by atoms with Crippen molar-refractivity contribution in [2.24, 2.45) is 0 Å². The van der Waals surface area contributed by atoms with Crippen LogP contribution in [0.1, 0.15) is 42.4 Å². The summed E-state index contributed by atoms with van der Waals surface area (Å²) in [4.78, 5) is 11.7. The molecule has 0 aliphatic rings. The minimum Gasteiger partial charge on any atom is -0.493 e. The van der Waals surface area contributed by atoms with Crippen LogP contribution < -0.4 is 14.8 Å². The Bertz CT molecular complexity index is 995. The van der Waals surface area contributed by atoms with Crippen LogP contribution in [0, 0.1) is 6.92 Å². The highest BCUT2D eigenvalue weighted by molar-refractivity contribution is 7.13. The second kappa shape index (κ2) is 7.96. The summed E-state index contributed by atoms with van der Waals surface area (Å²) in [5.74, 6) is 2.83. The number of thiophene rings is 1. The van der Waals surface area contributed by atoms with Crippen LogP contribution in [0.5, 0.6) is 11.5 Å². The van der Waals surface area contributed by atoms with E-state index in [2.05, 4.69) is 54.3 Å². The lowest BCUT2D eigenvalue weighted by molar-refractivity contribution is 0.356. The van der Waals surface area contributed by atoms with E-state index in [9.17, 15) is 0 Å². The molecule has 0 unspecified atom stereocenters. The number of nitrogens with one attached hydrogen (secondary N) is 1. The highest BCUT2D eigenvalue weighted by atomic mass is 32.1. The normalized spacial score (nSPS) is 12.9. The molecule has 1 aromatic carbocycles. The summed E-state index contributed by atoms with van der Waals surface area (Å²) in [5.41, 5.74) is 2.12. The van der Waals surface area contributed by atoms with Gasteiger partial charge in [0.1, 0.15) is 11.6 Å². The van der Waals surface area contributed by atoms with Gasteiger partial charge in [-0.2, -0.15) is 0 Å². The second-order valence-corrected chi connectivity index (χ2v) is 7.50. The first-order valence-electron chi connectivity index (χ1n) is 8.86. The first kappa shape index (κ1) is 19.2. The zero-order chi connectivity index (χ0) is 19.6. The monoisotopic (exact) mass is 383 g/mol. The van der Waals surface area contributed by atoms with Gasteiger partial charge >= 0.3 is 0 Å². The van der Waals surface area contributed by atoms with Gasteiger partial charge in [0.05, 0.1) is 25.8 Å². The summed E-state index contributed by atoms with van der Waals surface area (Å²) in [6.45, 7) is 8.23. The molecule has 2 aromatic heterocycles. The third-order valence-electron chi connectivity index (χ3n) is 4.54. The van der Waals surface area contributed by atoms with Crippen molar-refractivity contribution in [1.82, 2.24) is 9.97 Å². The van der Waals surface area contributed by atoms with Gasteiger partial charge in [-0.3, -0.25) is 0 Å². The molecule has 0 amide bonds. The summed E-state index contributed by atoms with van der Waals surface area (Å²) < 4.78 is 10.8. The van der Waals surface area contributed by atoms with Crippen LogP contribution in [0.4, 0.5) is 5.82 Å². The summed E-state index contributed by atoms with van der Waals surface area (Å²) in [6, 6.07) is 8.28. The molecule has 5 nitrogen and oxygen atoms in total. The van der Waals surface area contributed by atoms with Gasteiger partial charge in [-0.05, 0) is 51.5 Å². The number of aryl methyl sites for hydroxylation is 1. The molecule has 0 saturated carbocycles. The predicted octanol–water partition coefficient (Wildman–Crippen LogP) is 5.61. The van der Waals surface area contributed by atoms with E-state index >= 15 is 0 Å². The van der Waals surface area contributed by atoms with Crippen LogP contribution in [0.2, 0.25) is 0 Å². The number of hydrogen-bond donors (Lipinski definition) is 1. The quantitative estimate of drug-likeness (QED) is 0.599. The van der Waals surface area contributed by atoms with Crippen LogP contribution >= 0.6 is 11.3 Å². The standard InChI is InChI=1S/C21H25N3O2S/c1-7-12(2)19-8-9-20(27-19)13(3)22-21-15-10-17(25-5)18(26-6)11-16(15)23-14(4)24-21/h7-11,13H,1-6H3,(H,22,23,24)/b12-7+/t13-/m0/s1. The Kier molecular flexibility index (Phi) is 5.65. The first-order chi connectivity index (χ1) is 13.0. The number of methoxy groups -OCH3 is 2. The zero-order valence-corrected chi connectivity index (χ0v) is 17.4. The van der Waals surface area contributed by atoms with E-state index in [0.717, 1.165) is 16.7 Å². The highest BCUT2D eigenvalue weighted by Crippen LogP contribution is 2.36. The van der Waals surface area contributed by atoms with Crippen molar-refractivity contribution >= 4 is 33.6 Å². The Morgan fingerprint density at radius 2 is 1.85 bits per heavy atom. The van der Waals surface area contributed by atoms with Gasteiger partial charge in [-0.25, -0.2) is 9.97 Å². The first-order valence-corrected chi connectivity index (χ1v) is 9.68. The van der Waals surface area contributed by atoms with Gasteiger partial charge in [-0.15, -0.1) is 11.3 Å². The molecule has 6 heteroatoms. The van der Waals surface area contributed by atoms with Crippen LogP contribution in [-0.4, -0.2) is 24.2 Å². The third kappa shape index (κ3) is 3.90. The van der Waals surface area contributed by atoms with Crippen molar-refractivity contribution < 1.29 is 9.47 Å². The number of allylic oxidation sites excluding steroid dienone is 2. The van der Waals surface area contributed by atoms with E-state index in [1.807, 2.05) is 19.1 Å². The molecule has 3 rings (SSSR count). The fourth-order valence-corrected chi connectivity index (χ4v) is 3.94. The van der Waals surface area contributed by atoms with E-state index in [-0.39, 0.29) is 6.04 Å². The predicted molar refractivity (Wildman–Crippen MR) is 113 cm³/mol. The molecule has 0 saturated heterocycles. The molecule has 2 heterocycles. The molecule has 27 heavy (non-hydrogen) atoms. The minimum atomic E-state index is 0.124. The lowest BCUT2D eigenvalue weighted by Gasteiger charge is -2.16. The van der Waals surface area contributed by atoms with Crippen LogP contribution in [0.25, 0.3) is 16.5 Å². The molecule has 0 aliphatic heterocycles. The van der Waals surface area contributed by atoms with Crippen molar-refractivity contribution in [3.8, 4) is 11.5 Å². The summed E-state index contributed by atoms with van der Waals surface area (Å²) in [7, 11) is 3.26. The Morgan fingerprint density at radius 1 is 1.15 bits per heavy atom. The molecule has 1 N–H and O–H groups in total. The van der Waals surface area contributed by atoms with E-state index in [1.54, 1.807) is 25.6 Å². The number of aromatic nitrogens is 2. The maximum Gasteiger partial charge on any atom is 0.162 e. The maximum atomic E-state index is 5.45. The Labute approximate surface area is 164 Å². The number of nitrogens with zero attached hydrogens (tertiary/aromatic N) is 2. The number of ether oxygens (including phenoxy) is 2. The van der Waals surface area contributed by atoms with Crippen molar-refractivity contribution in [3.63, 3.8) is 0 Å². The Hall–Kier alpha value is -2.60. The van der Waals surface area contributed by atoms with Gasteiger partial charge in [0, 0.05) is 21.2 Å². The molecule has 142 valence electrons.